The number of aromatic nitrogens is 2. The number of nitrogens with zero attached hydrogens (tertiary/aromatic N) is 3. The van der Waals surface area contributed by atoms with Gasteiger partial charge in [-0.15, -0.1) is 0 Å². The fourth-order valence-electron chi connectivity index (χ4n) is 4.65. The minimum absolute atomic E-state index is 0.336. The zero-order valence-electron chi connectivity index (χ0n) is 19.1. The molecule has 1 aliphatic heterocycles. The van der Waals surface area contributed by atoms with Crippen molar-refractivity contribution in [3.8, 4) is 5.69 Å². The average molecular weight is 430 g/mol. The molecule has 5 nitrogen and oxygen atoms in total. The maximum Gasteiger partial charge on any atom is 0.330 e. The Kier molecular flexibility index (Phi) is 6.86. The van der Waals surface area contributed by atoms with Gasteiger partial charge in [-0.05, 0) is 74.6 Å². The van der Waals surface area contributed by atoms with Crippen LogP contribution in [-0.4, -0.2) is 40.8 Å². The van der Waals surface area contributed by atoms with Crippen molar-refractivity contribution in [1.29, 1.82) is 0 Å². The Morgan fingerprint density at radius 1 is 1.12 bits per heavy atom. The van der Waals surface area contributed by atoms with Crippen LogP contribution in [0.5, 0.6) is 0 Å². The van der Waals surface area contributed by atoms with Crippen LogP contribution < -0.4 is 0 Å². The number of carbonyl (C=O) groups is 1. The highest BCUT2D eigenvalue weighted by Crippen LogP contribution is 2.32. The molecule has 0 spiro atoms. The number of rotatable bonds is 7. The Morgan fingerprint density at radius 3 is 2.59 bits per heavy atom. The van der Waals surface area contributed by atoms with Crippen LogP contribution in [-0.2, 0) is 16.0 Å². The van der Waals surface area contributed by atoms with E-state index in [4.69, 9.17) is 5.10 Å². The summed E-state index contributed by atoms with van der Waals surface area (Å²) in [6, 6.07) is 19.3. The average Bonchev–Trinajstić information content (AvgIpc) is 3.41. The lowest BCUT2D eigenvalue weighted by Gasteiger charge is -2.25. The molecule has 1 aromatic heterocycles. The van der Waals surface area contributed by atoms with Crippen molar-refractivity contribution < 1.29 is 9.53 Å². The van der Waals surface area contributed by atoms with Crippen LogP contribution in [0.1, 0.15) is 47.0 Å². The number of aryl methyl sites for hydroxylation is 1. The first-order chi connectivity index (χ1) is 15.6. The number of likely N-dealkylation sites (tertiary alicyclic amines) is 1. The normalized spacial score (nSPS) is 16.7. The topological polar surface area (TPSA) is 47.4 Å². The number of para-hydroxylation sites is 1. The van der Waals surface area contributed by atoms with Crippen molar-refractivity contribution in [3.63, 3.8) is 0 Å². The predicted molar refractivity (Wildman–Crippen MR) is 128 cm³/mol. The summed E-state index contributed by atoms with van der Waals surface area (Å²) in [5.74, 6) is -0.336. The van der Waals surface area contributed by atoms with Crippen molar-refractivity contribution in [3.05, 3.63) is 88.8 Å². The molecule has 166 valence electrons. The van der Waals surface area contributed by atoms with E-state index in [9.17, 15) is 4.79 Å². The van der Waals surface area contributed by atoms with E-state index in [0.717, 1.165) is 36.5 Å². The molecular formula is C27H31N3O2. The maximum atomic E-state index is 11.3. The van der Waals surface area contributed by atoms with Gasteiger partial charge in [0.05, 0.1) is 18.5 Å². The second-order valence-corrected chi connectivity index (χ2v) is 8.36. The minimum atomic E-state index is -0.336. The smallest absolute Gasteiger partial charge is 0.330 e. The number of benzene rings is 2. The summed E-state index contributed by atoms with van der Waals surface area (Å²) in [4.78, 5) is 13.9. The second-order valence-electron chi connectivity index (χ2n) is 8.36. The Bertz CT molecular complexity index is 1080. The van der Waals surface area contributed by atoms with Gasteiger partial charge in [0, 0.05) is 24.4 Å². The number of hydrogen-bond acceptors (Lipinski definition) is 4. The lowest BCUT2D eigenvalue weighted by molar-refractivity contribution is -0.134. The van der Waals surface area contributed by atoms with E-state index in [1.807, 2.05) is 6.07 Å². The molecule has 3 aromatic rings. The zero-order chi connectivity index (χ0) is 22.5. The molecule has 32 heavy (non-hydrogen) atoms. The summed E-state index contributed by atoms with van der Waals surface area (Å²) in [5.41, 5.74) is 7.15. The van der Waals surface area contributed by atoms with Crippen LogP contribution in [0, 0.1) is 13.8 Å². The molecule has 0 aliphatic carbocycles. The SMILES string of the molecule is COC(=O)C=Cc1ccc([C@@H]2CCCN2CCc2c(C)nn(-c3ccccc3)c2C)cc1. The molecule has 4 rings (SSSR count). The molecule has 5 heteroatoms. The van der Waals surface area contributed by atoms with Gasteiger partial charge in [0.25, 0.3) is 0 Å². The molecule has 1 aliphatic rings. The lowest BCUT2D eigenvalue weighted by Crippen LogP contribution is -2.26. The number of methoxy groups -OCH3 is 1. The van der Waals surface area contributed by atoms with Crippen LogP contribution in [0.2, 0.25) is 0 Å². The molecular weight excluding hydrogens is 398 g/mol. The molecule has 0 unspecified atom stereocenters. The first kappa shape index (κ1) is 22.0. The van der Waals surface area contributed by atoms with E-state index in [0.29, 0.717) is 6.04 Å². The molecule has 2 aromatic carbocycles. The van der Waals surface area contributed by atoms with E-state index < -0.39 is 0 Å². The number of carbonyl (C=O) groups excluding carboxylic acids is 1. The third-order valence-corrected chi connectivity index (χ3v) is 6.39. The van der Waals surface area contributed by atoms with Gasteiger partial charge in [0.15, 0.2) is 0 Å². The minimum Gasteiger partial charge on any atom is -0.466 e. The monoisotopic (exact) mass is 429 g/mol. The van der Waals surface area contributed by atoms with Crippen LogP contribution in [0.25, 0.3) is 11.8 Å². The van der Waals surface area contributed by atoms with E-state index in [1.54, 1.807) is 6.08 Å². The summed E-state index contributed by atoms with van der Waals surface area (Å²) >= 11 is 0. The van der Waals surface area contributed by atoms with Crippen molar-refractivity contribution in [2.45, 2.75) is 39.2 Å². The van der Waals surface area contributed by atoms with Gasteiger partial charge in [-0.3, -0.25) is 4.90 Å². The first-order valence-corrected chi connectivity index (χ1v) is 11.3. The fraction of sp³-hybridized carbons (Fsp3) is 0.333. The van der Waals surface area contributed by atoms with Gasteiger partial charge in [-0.25, -0.2) is 9.48 Å². The number of esters is 1. The van der Waals surface area contributed by atoms with Crippen LogP contribution in [0.15, 0.2) is 60.7 Å². The number of ether oxygens (including phenoxy) is 1. The van der Waals surface area contributed by atoms with Gasteiger partial charge >= 0.3 is 5.97 Å². The second kappa shape index (κ2) is 9.96. The fourth-order valence-corrected chi connectivity index (χ4v) is 4.65. The zero-order valence-corrected chi connectivity index (χ0v) is 19.1. The van der Waals surface area contributed by atoms with E-state index in [1.165, 1.54) is 42.8 Å². The maximum absolute atomic E-state index is 11.3. The largest absolute Gasteiger partial charge is 0.466 e. The van der Waals surface area contributed by atoms with Crippen molar-refractivity contribution in [1.82, 2.24) is 14.7 Å². The van der Waals surface area contributed by atoms with Crippen LogP contribution in [0.3, 0.4) is 0 Å². The molecule has 0 amide bonds. The van der Waals surface area contributed by atoms with Gasteiger partial charge in [0.2, 0.25) is 0 Å². The predicted octanol–water partition coefficient (Wildman–Crippen LogP) is 5.05. The Hall–Kier alpha value is -3.18. The molecule has 0 bridgehead atoms. The molecule has 0 radical (unpaired) electrons. The molecule has 1 atom stereocenters. The van der Waals surface area contributed by atoms with Crippen LogP contribution >= 0.6 is 0 Å². The quantitative estimate of drug-likeness (QED) is 0.389. The summed E-state index contributed by atoms with van der Waals surface area (Å²) in [6.45, 7) is 6.44. The highest BCUT2D eigenvalue weighted by Gasteiger charge is 2.26. The van der Waals surface area contributed by atoms with Gasteiger partial charge < -0.3 is 4.74 Å². The van der Waals surface area contributed by atoms with E-state index >= 15 is 0 Å². The summed E-state index contributed by atoms with van der Waals surface area (Å²) in [6.07, 6.45) is 6.64. The first-order valence-electron chi connectivity index (χ1n) is 11.3. The standard InChI is InChI=1S/C27H31N3O2/c1-20-25(21(2)30(28-20)24-8-5-4-6-9-24)17-19-29-18-7-10-26(29)23-14-11-22(12-15-23)13-16-27(31)32-3/h4-6,8-9,11-16,26H,7,10,17-19H2,1-3H3/t26-/m0/s1. The van der Waals surface area contributed by atoms with Crippen molar-refractivity contribution in [2.75, 3.05) is 20.2 Å². The molecule has 0 saturated carbocycles. The van der Waals surface area contributed by atoms with Crippen LogP contribution in [0.4, 0.5) is 0 Å². The van der Waals surface area contributed by atoms with Gasteiger partial charge in [0.1, 0.15) is 0 Å². The van der Waals surface area contributed by atoms with Crippen molar-refractivity contribution in [2.24, 2.45) is 0 Å². The highest BCUT2D eigenvalue weighted by atomic mass is 16.5. The summed E-state index contributed by atoms with van der Waals surface area (Å²) in [7, 11) is 1.39. The molecule has 2 heterocycles. The molecule has 0 N–H and O–H groups in total. The Labute approximate surface area is 190 Å². The summed E-state index contributed by atoms with van der Waals surface area (Å²) in [5, 5.41) is 4.81. The van der Waals surface area contributed by atoms with E-state index in [2.05, 4.69) is 76.7 Å². The van der Waals surface area contributed by atoms with Gasteiger partial charge in [-0.1, -0.05) is 42.5 Å². The molecule has 1 fully saturated rings. The Balaban J connectivity index is 1.44. The summed E-state index contributed by atoms with van der Waals surface area (Å²) < 4.78 is 6.72. The third-order valence-electron chi connectivity index (χ3n) is 6.39. The van der Waals surface area contributed by atoms with Gasteiger partial charge in [-0.2, -0.15) is 5.10 Å². The third kappa shape index (κ3) is 4.83. The van der Waals surface area contributed by atoms with E-state index in [-0.39, 0.29) is 5.97 Å². The lowest BCUT2D eigenvalue weighted by atomic mass is 10.0. The molecule has 1 saturated heterocycles. The number of hydrogen-bond donors (Lipinski definition) is 0. The Morgan fingerprint density at radius 2 is 1.88 bits per heavy atom. The highest BCUT2D eigenvalue weighted by molar-refractivity contribution is 5.86. The van der Waals surface area contributed by atoms with Crippen molar-refractivity contribution >= 4 is 12.0 Å².